The van der Waals surface area contributed by atoms with Gasteiger partial charge in [-0.2, -0.15) is 9.29 Å². The molecule has 0 unspecified atom stereocenters. The summed E-state index contributed by atoms with van der Waals surface area (Å²) < 4.78 is 39.4. The summed E-state index contributed by atoms with van der Waals surface area (Å²) in [4.78, 5) is 17.6. The second-order valence-corrected chi connectivity index (χ2v) is 11.8. The predicted octanol–water partition coefficient (Wildman–Crippen LogP) is 5.14. The molecule has 1 aliphatic rings. The van der Waals surface area contributed by atoms with Crippen LogP contribution in [0.3, 0.4) is 0 Å². The highest BCUT2D eigenvalue weighted by Gasteiger charge is 2.34. The SMILES string of the molecule is CCOc1ccc(S(=O)(=O)N(CC(=O)Nc2ccc(Cc3noc(C(C)C)n3)cc2)C2CCCCC2)cc1. The van der Waals surface area contributed by atoms with Crippen LogP contribution in [-0.4, -0.2) is 48.0 Å². The number of ether oxygens (including phenoxy) is 1. The average Bonchev–Trinajstić information content (AvgIpc) is 3.38. The van der Waals surface area contributed by atoms with Crippen molar-refractivity contribution in [2.45, 2.75) is 76.2 Å². The third-order valence-corrected chi connectivity index (χ3v) is 8.51. The number of carbonyl (C=O) groups excluding carboxylic acids is 1. The standard InChI is InChI=1S/C28H36N4O5S/c1-4-36-24-14-16-25(17-15-24)38(34,35)32(23-8-6-5-7-9-23)19-27(33)29-22-12-10-21(11-13-22)18-26-30-28(20(2)3)37-31-26/h10-17,20,23H,4-9,18-19H2,1-3H3,(H,29,33). The van der Waals surface area contributed by atoms with Crippen LogP contribution >= 0.6 is 0 Å². The minimum atomic E-state index is -3.87. The number of rotatable bonds is 11. The average molecular weight is 541 g/mol. The lowest BCUT2D eigenvalue weighted by atomic mass is 9.95. The van der Waals surface area contributed by atoms with Crippen molar-refractivity contribution in [2.75, 3.05) is 18.5 Å². The van der Waals surface area contributed by atoms with Gasteiger partial charge in [0.05, 0.1) is 18.0 Å². The van der Waals surface area contributed by atoms with E-state index in [9.17, 15) is 13.2 Å². The van der Waals surface area contributed by atoms with Gasteiger partial charge in [-0.1, -0.05) is 50.4 Å². The van der Waals surface area contributed by atoms with Gasteiger partial charge < -0.3 is 14.6 Å². The lowest BCUT2D eigenvalue weighted by Gasteiger charge is -2.33. The van der Waals surface area contributed by atoms with Gasteiger partial charge in [0.15, 0.2) is 5.82 Å². The van der Waals surface area contributed by atoms with Crippen molar-refractivity contribution in [3.63, 3.8) is 0 Å². The summed E-state index contributed by atoms with van der Waals surface area (Å²) in [5.74, 6) is 1.61. The Morgan fingerprint density at radius 1 is 1.08 bits per heavy atom. The number of carbonyl (C=O) groups is 1. The number of hydrogen-bond acceptors (Lipinski definition) is 7. The first-order valence-electron chi connectivity index (χ1n) is 13.2. The molecule has 1 saturated carbocycles. The van der Waals surface area contributed by atoms with E-state index in [1.807, 2.05) is 32.9 Å². The minimum Gasteiger partial charge on any atom is -0.494 e. The molecule has 0 bridgehead atoms. The number of hydrogen-bond donors (Lipinski definition) is 1. The highest BCUT2D eigenvalue weighted by molar-refractivity contribution is 7.89. The summed E-state index contributed by atoms with van der Waals surface area (Å²) in [6.45, 7) is 6.11. The van der Waals surface area contributed by atoms with Crippen LogP contribution < -0.4 is 10.1 Å². The zero-order chi connectivity index (χ0) is 27.1. The van der Waals surface area contributed by atoms with Crippen molar-refractivity contribution in [3.05, 3.63) is 65.8 Å². The van der Waals surface area contributed by atoms with E-state index in [0.717, 1.165) is 37.7 Å². The highest BCUT2D eigenvalue weighted by Crippen LogP contribution is 2.29. The number of aromatic nitrogens is 2. The summed E-state index contributed by atoms with van der Waals surface area (Å²) in [6, 6.07) is 13.5. The summed E-state index contributed by atoms with van der Waals surface area (Å²) in [7, 11) is -3.87. The molecule has 0 atom stereocenters. The van der Waals surface area contributed by atoms with Crippen LogP contribution in [0.2, 0.25) is 0 Å². The third kappa shape index (κ3) is 6.99. The van der Waals surface area contributed by atoms with Gasteiger partial charge in [0.1, 0.15) is 5.75 Å². The number of amides is 1. The van der Waals surface area contributed by atoms with Gasteiger partial charge in [0.25, 0.3) is 0 Å². The maximum Gasteiger partial charge on any atom is 0.243 e. The molecule has 0 radical (unpaired) electrons. The summed E-state index contributed by atoms with van der Waals surface area (Å²) in [5.41, 5.74) is 1.57. The van der Waals surface area contributed by atoms with Gasteiger partial charge in [0.2, 0.25) is 21.8 Å². The fourth-order valence-electron chi connectivity index (χ4n) is 4.59. The van der Waals surface area contributed by atoms with Crippen molar-refractivity contribution >= 4 is 21.6 Å². The second-order valence-electron chi connectivity index (χ2n) is 9.87. The normalized spacial score (nSPS) is 14.7. The van der Waals surface area contributed by atoms with E-state index in [-0.39, 0.29) is 29.3 Å². The molecule has 10 heteroatoms. The first-order chi connectivity index (χ1) is 18.3. The molecule has 0 spiro atoms. The molecular formula is C28H36N4O5S. The molecule has 204 valence electrons. The molecule has 4 rings (SSSR count). The van der Waals surface area contributed by atoms with E-state index >= 15 is 0 Å². The molecule has 38 heavy (non-hydrogen) atoms. The molecule has 1 aliphatic carbocycles. The fraction of sp³-hybridized carbons (Fsp3) is 0.464. The Hall–Kier alpha value is -3.24. The van der Waals surface area contributed by atoms with Crippen LogP contribution in [-0.2, 0) is 21.2 Å². The molecular weight excluding hydrogens is 504 g/mol. The predicted molar refractivity (Wildman–Crippen MR) is 145 cm³/mol. The van der Waals surface area contributed by atoms with Crippen molar-refractivity contribution < 1.29 is 22.5 Å². The van der Waals surface area contributed by atoms with Gasteiger partial charge >= 0.3 is 0 Å². The fourth-order valence-corrected chi connectivity index (χ4v) is 6.23. The number of benzene rings is 2. The van der Waals surface area contributed by atoms with E-state index in [2.05, 4.69) is 15.5 Å². The minimum absolute atomic E-state index is 0.158. The van der Waals surface area contributed by atoms with Crippen LogP contribution in [0.25, 0.3) is 0 Å². The number of anilines is 1. The van der Waals surface area contributed by atoms with E-state index in [4.69, 9.17) is 9.26 Å². The molecule has 1 heterocycles. The van der Waals surface area contributed by atoms with Crippen LogP contribution in [0.4, 0.5) is 5.69 Å². The Kier molecular flexibility index (Phi) is 9.17. The Morgan fingerprint density at radius 3 is 2.37 bits per heavy atom. The summed E-state index contributed by atoms with van der Waals surface area (Å²) in [6.07, 6.45) is 4.97. The molecule has 0 saturated heterocycles. The van der Waals surface area contributed by atoms with Gasteiger partial charge in [0, 0.05) is 24.1 Å². The second kappa shape index (κ2) is 12.5. The van der Waals surface area contributed by atoms with E-state index in [1.54, 1.807) is 36.4 Å². The van der Waals surface area contributed by atoms with E-state index in [1.165, 1.54) is 4.31 Å². The Labute approximate surface area is 224 Å². The van der Waals surface area contributed by atoms with Crippen LogP contribution in [0, 0.1) is 0 Å². The molecule has 1 fully saturated rings. The van der Waals surface area contributed by atoms with Gasteiger partial charge in [-0.25, -0.2) is 8.42 Å². The van der Waals surface area contributed by atoms with Gasteiger partial charge in [-0.05, 0) is 61.7 Å². The monoisotopic (exact) mass is 540 g/mol. The van der Waals surface area contributed by atoms with Crippen molar-refractivity contribution in [1.29, 1.82) is 0 Å². The number of nitrogens with one attached hydrogen (secondary N) is 1. The quantitative estimate of drug-likeness (QED) is 0.358. The smallest absolute Gasteiger partial charge is 0.243 e. The molecule has 9 nitrogen and oxygen atoms in total. The lowest BCUT2D eigenvalue weighted by Crippen LogP contribution is -2.45. The zero-order valence-corrected chi connectivity index (χ0v) is 23.0. The summed E-state index contributed by atoms with van der Waals surface area (Å²) in [5, 5.41) is 6.87. The number of sulfonamides is 1. The third-order valence-electron chi connectivity index (χ3n) is 6.60. The van der Waals surface area contributed by atoms with Crippen LogP contribution in [0.1, 0.15) is 76.1 Å². The van der Waals surface area contributed by atoms with Crippen molar-refractivity contribution in [2.24, 2.45) is 0 Å². The van der Waals surface area contributed by atoms with Crippen LogP contribution in [0.5, 0.6) is 5.75 Å². The van der Waals surface area contributed by atoms with Crippen molar-refractivity contribution in [3.8, 4) is 5.75 Å². The zero-order valence-electron chi connectivity index (χ0n) is 22.2. The van der Waals surface area contributed by atoms with Crippen molar-refractivity contribution in [1.82, 2.24) is 14.4 Å². The Balaban J connectivity index is 1.44. The van der Waals surface area contributed by atoms with E-state index < -0.39 is 10.0 Å². The topological polar surface area (TPSA) is 115 Å². The Bertz CT molecular complexity index is 1300. The summed E-state index contributed by atoms with van der Waals surface area (Å²) >= 11 is 0. The van der Waals surface area contributed by atoms with Gasteiger partial charge in [-0.3, -0.25) is 4.79 Å². The largest absolute Gasteiger partial charge is 0.494 e. The maximum absolute atomic E-state index is 13.6. The van der Waals surface area contributed by atoms with E-state index in [0.29, 0.717) is 36.2 Å². The molecule has 0 aliphatic heterocycles. The molecule has 3 aromatic rings. The Morgan fingerprint density at radius 2 is 1.76 bits per heavy atom. The molecule has 2 aromatic carbocycles. The first kappa shape index (κ1) is 27.8. The maximum atomic E-state index is 13.6. The molecule has 1 aromatic heterocycles. The lowest BCUT2D eigenvalue weighted by molar-refractivity contribution is -0.116. The number of nitrogens with zero attached hydrogens (tertiary/aromatic N) is 3. The first-order valence-corrected chi connectivity index (χ1v) is 14.7. The molecule has 1 amide bonds. The highest BCUT2D eigenvalue weighted by atomic mass is 32.2. The van der Waals surface area contributed by atoms with Crippen LogP contribution in [0.15, 0.2) is 57.9 Å². The molecule has 1 N–H and O–H groups in total. The van der Waals surface area contributed by atoms with Gasteiger partial charge in [-0.15, -0.1) is 0 Å².